The summed E-state index contributed by atoms with van der Waals surface area (Å²) in [5.74, 6) is 3.83. The van der Waals surface area contributed by atoms with E-state index in [4.69, 9.17) is 11.6 Å². The molecule has 0 aliphatic heterocycles. The molecule has 3 nitrogen and oxygen atoms in total. The minimum Gasteiger partial charge on any atom is -0.250 e. The first-order valence-electron chi connectivity index (χ1n) is 4.39. The van der Waals surface area contributed by atoms with E-state index < -0.39 is 0 Å². The van der Waals surface area contributed by atoms with Gasteiger partial charge in [-0.2, -0.15) is 16.9 Å². The number of aryl methyl sites for hydroxylation is 1. The van der Waals surface area contributed by atoms with Crippen molar-refractivity contribution < 1.29 is 0 Å². The van der Waals surface area contributed by atoms with E-state index in [1.165, 1.54) is 0 Å². The van der Waals surface area contributed by atoms with Gasteiger partial charge < -0.3 is 0 Å². The second-order valence-corrected chi connectivity index (χ2v) is 4.07. The van der Waals surface area contributed by atoms with Crippen LogP contribution in [0.1, 0.15) is 19.2 Å². The molecular weight excluding hydrogens is 206 g/mol. The average Bonchev–Trinajstić information content (AvgIpc) is 2.60. The largest absolute Gasteiger partial charge is 0.250 e. The molecule has 5 heteroatoms. The van der Waals surface area contributed by atoms with Crippen molar-refractivity contribution in [1.82, 2.24) is 14.8 Å². The highest BCUT2D eigenvalue weighted by molar-refractivity contribution is 7.98. The smallest absolute Gasteiger partial charge is 0.138 e. The Hall–Kier alpha value is -0.220. The Bertz CT molecular complexity index is 239. The predicted octanol–water partition coefficient (Wildman–Crippen LogP) is 2.16. The Morgan fingerprint density at radius 3 is 3.15 bits per heavy atom. The van der Waals surface area contributed by atoms with Crippen LogP contribution in [0.4, 0.5) is 0 Å². The molecule has 0 radical (unpaired) electrons. The van der Waals surface area contributed by atoms with Gasteiger partial charge in [0.1, 0.15) is 12.2 Å². The molecule has 0 fully saturated rings. The molecule has 1 aromatic rings. The Kier molecular flexibility index (Phi) is 5.23. The summed E-state index contributed by atoms with van der Waals surface area (Å²) in [7, 11) is 0. The lowest BCUT2D eigenvalue weighted by molar-refractivity contribution is 0.632. The monoisotopic (exact) mass is 219 g/mol. The Balaban J connectivity index is 2.27. The van der Waals surface area contributed by atoms with Gasteiger partial charge in [0.05, 0.1) is 5.75 Å². The number of nitrogens with zero attached hydrogens (tertiary/aromatic N) is 3. The first-order chi connectivity index (χ1) is 6.38. The summed E-state index contributed by atoms with van der Waals surface area (Å²) in [6.07, 6.45) is 2.67. The van der Waals surface area contributed by atoms with Crippen LogP contribution < -0.4 is 0 Å². The van der Waals surface area contributed by atoms with Gasteiger partial charge in [-0.05, 0) is 19.1 Å². The summed E-state index contributed by atoms with van der Waals surface area (Å²) in [6.45, 7) is 2.97. The van der Waals surface area contributed by atoms with Gasteiger partial charge in [0.2, 0.25) is 0 Å². The maximum absolute atomic E-state index is 5.57. The summed E-state index contributed by atoms with van der Waals surface area (Å²) in [5, 5.41) is 4.10. The van der Waals surface area contributed by atoms with E-state index in [1.54, 1.807) is 6.33 Å². The Morgan fingerprint density at radius 1 is 1.62 bits per heavy atom. The number of aromatic nitrogens is 3. The van der Waals surface area contributed by atoms with Gasteiger partial charge >= 0.3 is 0 Å². The third-order valence-corrected chi connectivity index (χ3v) is 2.96. The fraction of sp³-hybridized carbons (Fsp3) is 0.750. The predicted molar refractivity (Wildman–Crippen MR) is 57.2 cm³/mol. The molecule has 0 aliphatic carbocycles. The molecule has 0 amide bonds. The zero-order chi connectivity index (χ0) is 9.52. The van der Waals surface area contributed by atoms with Gasteiger partial charge in [-0.1, -0.05) is 0 Å². The Morgan fingerprint density at radius 2 is 2.46 bits per heavy atom. The molecule has 0 bridgehead atoms. The first-order valence-corrected chi connectivity index (χ1v) is 6.07. The molecule has 0 spiro atoms. The minimum atomic E-state index is 0.744. The van der Waals surface area contributed by atoms with Crippen molar-refractivity contribution in [2.75, 3.05) is 11.6 Å². The number of halogens is 1. The highest BCUT2D eigenvalue weighted by Gasteiger charge is 2.01. The number of alkyl halides is 1. The third-order valence-electron chi connectivity index (χ3n) is 1.65. The lowest BCUT2D eigenvalue weighted by atomic mass is 10.6. The van der Waals surface area contributed by atoms with Crippen LogP contribution in [-0.4, -0.2) is 26.4 Å². The van der Waals surface area contributed by atoms with E-state index in [2.05, 4.69) is 17.0 Å². The number of rotatable bonds is 6. The van der Waals surface area contributed by atoms with Crippen LogP contribution in [0.2, 0.25) is 0 Å². The highest BCUT2D eigenvalue weighted by Crippen LogP contribution is 2.10. The van der Waals surface area contributed by atoms with Crippen molar-refractivity contribution in [2.24, 2.45) is 0 Å². The molecular formula is C8H14ClN3S. The summed E-state index contributed by atoms with van der Waals surface area (Å²) in [4.78, 5) is 4.18. The quantitative estimate of drug-likeness (QED) is 0.543. The Labute approximate surface area is 87.9 Å². The number of hydrogen-bond acceptors (Lipinski definition) is 3. The van der Waals surface area contributed by atoms with Crippen LogP contribution in [0.25, 0.3) is 0 Å². The first kappa shape index (κ1) is 10.9. The fourth-order valence-electron chi connectivity index (χ4n) is 0.984. The SMILES string of the molecule is CCn1ncnc1CSCCCCl. The maximum atomic E-state index is 5.57. The molecule has 13 heavy (non-hydrogen) atoms. The zero-order valence-corrected chi connectivity index (χ0v) is 9.31. The molecule has 0 aliphatic rings. The standard InChI is InChI=1S/C8H14ClN3S/c1-2-12-8(10-7-11-12)6-13-5-3-4-9/h7H,2-6H2,1H3. The van der Waals surface area contributed by atoms with Crippen LogP contribution >= 0.6 is 23.4 Å². The van der Waals surface area contributed by atoms with E-state index >= 15 is 0 Å². The fourth-order valence-corrected chi connectivity index (χ4v) is 2.18. The van der Waals surface area contributed by atoms with Gasteiger partial charge in [0.15, 0.2) is 0 Å². The van der Waals surface area contributed by atoms with Gasteiger partial charge in [-0.3, -0.25) is 0 Å². The van der Waals surface area contributed by atoms with Gasteiger partial charge in [0.25, 0.3) is 0 Å². The van der Waals surface area contributed by atoms with E-state index in [1.807, 2.05) is 16.4 Å². The topological polar surface area (TPSA) is 30.7 Å². The summed E-state index contributed by atoms with van der Waals surface area (Å²) < 4.78 is 1.92. The van der Waals surface area contributed by atoms with E-state index in [9.17, 15) is 0 Å². The van der Waals surface area contributed by atoms with Crippen molar-refractivity contribution in [3.8, 4) is 0 Å². The van der Waals surface area contributed by atoms with Gasteiger partial charge in [-0.15, -0.1) is 11.6 Å². The normalized spacial score (nSPS) is 10.6. The molecule has 1 heterocycles. The van der Waals surface area contributed by atoms with Gasteiger partial charge in [-0.25, -0.2) is 9.67 Å². The van der Waals surface area contributed by atoms with E-state index in [-0.39, 0.29) is 0 Å². The van der Waals surface area contributed by atoms with Crippen molar-refractivity contribution in [3.63, 3.8) is 0 Å². The van der Waals surface area contributed by atoms with Crippen LogP contribution in [-0.2, 0) is 12.3 Å². The summed E-state index contributed by atoms with van der Waals surface area (Å²) >= 11 is 7.43. The van der Waals surface area contributed by atoms with Crippen LogP contribution in [0.3, 0.4) is 0 Å². The molecule has 0 saturated heterocycles. The number of thioether (sulfide) groups is 1. The van der Waals surface area contributed by atoms with Crippen LogP contribution in [0.15, 0.2) is 6.33 Å². The highest BCUT2D eigenvalue weighted by atomic mass is 35.5. The van der Waals surface area contributed by atoms with E-state index in [0.717, 1.165) is 36.2 Å². The molecule has 0 unspecified atom stereocenters. The summed E-state index contributed by atoms with van der Waals surface area (Å²) in [6, 6.07) is 0. The van der Waals surface area contributed by atoms with Crippen LogP contribution in [0.5, 0.6) is 0 Å². The molecule has 0 atom stereocenters. The van der Waals surface area contributed by atoms with Crippen molar-refractivity contribution >= 4 is 23.4 Å². The van der Waals surface area contributed by atoms with E-state index in [0.29, 0.717) is 0 Å². The minimum absolute atomic E-state index is 0.744. The summed E-state index contributed by atoms with van der Waals surface area (Å²) in [5.41, 5.74) is 0. The van der Waals surface area contributed by atoms with Crippen molar-refractivity contribution in [1.29, 1.82) is 0 Å². The second kappa shape index (κ2) is 6.27. The van der Waals surface area contributed by atoms with Crippen molar-refractivity contribution in [3.05, 3.63) is 12.2 Å². The maximum Gasteiger partial charge on any atom is 0.138 e. The number of hydrogen-bond donors (Lipinski definition) is 0. The molecule has 0 N–H and O–H groups in total. The molecule has 74 valence electrons. The molecule has 0 aromatic carbocycles. The zero-order valence-electron chi connectivity index (χ0n) is 7.74. The molecule has 1 aromatic heterocycles. The third kappa shape index (κ3) is 3.56. The van der Waals surface area contributed by atoms with Crippen LogP contribution in [0, 0.1) is 0 Å². The molecule has 1 rings (SSSR count). The average molecular weight is 220 g/mol. The second-order valence-electron chi connectivity index (χ2n) is 2.59. The lowest BCUT2D eigenvalue weighted by Crippen LogP contribution is -2.02. The lowest BCUT2D eigenvalue weighted by Gasteiger charge is -2.01. The van der Waals surface area contributed by atoms with Gasteiger partial charge in [0, 0.05) is 12.4 Å². The van der Waals surface area contributed by atoms with Crippen molar-refractivity contribution in [2.45, 2.75) is 25.6 Å². The molecule has 0 saturated carbocycles.